The molecule has 0 spiro atoms. The topological polar surface area (TPSA) is 49.4 Å². The molecule has 1 N–H and O–H groups in total. The standard InChI is InChI=1S/C23H27BrCl2N2O2S/c1-4-15(2)27-23(30)16(3)28(12-19-20(25)6-5-7-21(19)26)22(29)14-31-13-17-8-10-18(24)11-9-17/h5-11,15-16H,4,12-14H2,1-3H3,(H,27,30)/t15-,16+/m1/s1. The maximum atomic E-state index is 13.1. The van der Waals surface area contributed by atoms with Crippen LogP contribution in [0.15, 0.2) is 46.9 Å². The minimum Gasteiger partial charge on any atom is -0.352 e. The van der Waals surface area contributed by atoms with Crippen LogP contribution in [-0.4, -0.2) is 34.6 Å². The summed E-state index contributed by atoms with van der Waals surface area (Å²) in [7, 11) is 0. The molecule has 4 nitrogen and oxygen atoms in total. The highest BCUT2D eigenvalue weighted by Crippen LogP contribution is 2.27. The van der Waals surface area contributed by atoms with Gasteiger partial charge in [0.25, 0.3) is 0 Å². The molecule has 0 saturated heterocycles. The Hall–Kier alpha value is -1.21. The van der Waals surface area contributed by atoms with Gasteiger partial charge in [0.1, 0.15) is 6.04 Å². The van der Waals surface area contributed by atoms with Gasteiger partial charge in [-0.3, -0.25) is 9.59 Å². The summed E-state index contributed by atoms with van der Waals surface area (Å²) in [5.74, 6) is 0.625. The Kier molecular flexibility index (Phi) is 10.7. The van der Waals surface area contributed by atoms with Crippen LogP contribution < -0.4 is 5.32 Å². The lowest BCUT2D eigenvalue weighted by Crippen LogP contribution is -2.50. The quantitative estimate of drug-likeness (QED) is 0.380. The fourth-order valence-corrected chi connectivity index (χ4v) is 4.47. The molecule has 0 aromatic heterocycles. The molecule has 2 aromatic rings. The number of hydrogen-bond donors (Lipinski definition) is 1. The summed E-state index contributed by atoms with van der Waals surface area (Å²) in [4.78, 5) is 27.5. The van der Waals surface area contributed by atoms with Crippen LogP contribution in [0.4, 0.5) is 0 Å². The first-order valence-corrected chi connectivity index (χ1v) is 12.8. The van der Waals surface area contributed by atoms with E-state index in [1.165, 1.54) is 11.8 Å². The fraction of sp³-hybridized carbons (Fsp3) is 0.391. The normalized spacial score (nSPS) is 12.8. The van der Waals surface area contributed by atoms with Crippen LogP contribution >= 0.6 is 50.9 Å². The van der Waals surface area contributed by atoms with Gasteiger partial charge >= 0.3 is 0 Å². The van der Waals surface area contributed by atoms with E-state index >= 15 is 0 Å². The molecule has 2 atom stereocenters. The zero-order valence-electron chi connectivity index (χ0n) is 17.8. The van der Waals surface area contributed by atoms with E-state index in [4.69, 9.17) is 23.2 Å². The van der Waals surface area contributed by atoms with Gasteiger partial charge in [0.15, 0.2) is 0 Å². The van der Waals surface area contributed by atoms with Gasteiger partial charge in [0.05, 0.1) is 5.75 Å². The summed E-state index contributed by atoms with van der Waals surface area (Å²) in [6.07, 6.45) is 0.811. The third-order valence-electron chi connectivity index (χ3n) is 4.97. The van der Waals surface area contributed by atoms with E-state index in [1.807, 2.05) is 38.1 Å². The number of nitrogens with zero attached hydrogens (tertiary/aromatic N) is 1. The van der Waals surface area contributed by atoms with Gasteiger partial charge < -0.3 is 10.2 Å². The van der Waals surface area contributed by atoms with Crippen molar-refractivity contribution in [1.29, 1.82) is 0 Å². The van der Waals surface area contributed by atoms with E-state index in [-0.39, 0.29) is 30.2 Å². The molecule has 168 valence electrons. The van der Waals surface area contributed by atoms with E-state index in [0.717, 1.165) is 16.5 Å². The van der Waals surface area contributed by atoms with Crippen molar-refractivity contribution in [3.8, 4) is 0 Å². The lowest BCUT2D eigenvalue weighted by atomic mass is 10.1. The van der Waals surface area contributed by atoms with E-state index in [1.54, 1.807) is 30.0 Å². The molecule has 0 aliphatic rings. The summed E-state index contributed by atoms with van der Waals surface area (Å²) in [5, 5.41) is 3.91. The molecule has 2 rings (SSSR count). The van der Waals surface area contributed by atoms with Gasteiger partial charge in [-0.25, -0.2) is 0 Å². The summed E-state index contributed by atoms with van der Waals surface area (Å²) in [6, 6.07) is 12.6. The first-order valence-electron chi connectivity index (χ1n) is 10.1. The first-order chi connectivity index (χ1) is 14.7. The zero-order valence-corrected chi connectivity index (χ0v) is 21.7. The number of nitrogens with one attached hydrogen (secondary N) is 1. The number of carbonyl (C=O) groups excluding carboxylic acids is 2. The summed E-state index contributed by atoms with van der Waals surface area (Å²) in [5.41, 5.74) is 1.77. The molecule has 0 radical (unpaired) electrons. The number of hydrogen-bond acceptors (Lipinski definition) is 3. The summed E-state index contributed by atoms with van der Waals surface area (Å²) < 4.78 is 1.02. The second-order valence-electron chi connectivity index (χ2n) is 7.33. The Balaban J connectivity index is 2.14. The third-order valence-corrected chi connectivity index (χ3v) is 7.19. The van der Waals surface area contributed by atoms with E-state index in [2.05, 4.69) is 21.2 Å². The molecule has 0 aliphatic heterocycles. The maximum absolute atomic E-state index is 13.1. The average molecular weight is 546 g/mol. The van der Waals surface area contributed by atoms with Crippen molar-refractivity contribution in [3.05, 3.63) is 68.1 Å². The lowest BCUT2D eigenvalue weighted by Gasteiger charge is -2.30. The van der Waals surface area contributed by atoms with Crippen molar-refractivity contribution in [2.24, 2.45) is 0 Å². The Morgan fingerprint density at radius 1 is 1.10 bits per heavy atom. The van der Waals surface area contributed by atoms with Crippen LogP contribution in [0.1, 0.15) is 38.3 Å². The van der Waals surface area contributed by atoms with Gasteiger partial charge in [0, 0.05) is 38.4 Å². The Morgan fingerprint density at radius 3 is 2.29 bits per heavy atom. The Labute approximate surface area is 207 Å². The van der Waals surface area contributed by atoms with Crippen LogP contribution in [0.25, 0.3) is 0 Å². The highest BCUT2D eigenvalue weighted by Gasteiger charge is 2.27. The van der Waals surface area contributed by atoms with Crippen LogP contribution in [-0.2, 0) is 21.9 Å². The van der Waals surface area contributed by atoms with Crippen molar-refractivity contribution in [3.63, 3.8) is 0 Å². The third kappa shape index (κ3) is 8.01. The highest BCUT2D eigenvalue weighted by molar-refractivity contribution is 9.10. The molecule has 2 aromatic carbocycles. The lowest BCUT2D eigenvalue weighted by molar-refractivity contribution is -0.138. The van der Waals surface area contributed by atoms with Crippen LogP contribution in [0, 0.1) is 0 Å². The highest BCUT2D eigenvalue weighted by atomic mass is 79.9. The largest absolute Gasteiger partial charge is 0.352 e. The van der Waals surface area contributed by atoms with Crippen molar-refractivity contribution < 1.29 is 9.59 Å². The average Bonchev–Trinajstić information content (AvgIpc) is 2.74. The molecule has 2 amide bonds. The second kappa shape index (κ2) is 12.7. The predicted octanol–water partition coefficient (Wildman–Crippen LogP) is 6.32. The Bertz CT molecular complexity index is 875. The Morgan fingerprint density at radius 2 is 1.71 bits per heavy atom. The SMILES string of the molecule is CC[C@@H](C)NC(=O)[C@H](C)N(Cc1c(Cl)cccc1Cl)C(=O)CSCc1ccc(Br)cc1. The molecule has 0 saturated carbocycles. The van der Waals surface area contributed by atoms with Gasteiger partial charge in [-0.2, -0.15) is 0 Å². The minimum atomic E-state index is -0.651. The van der Waals surface area contributed by atoms with Crippen LogP contribution in [0.2, 0.25) is 10.0 Å². The van der Waals surface area contributed by atoms with Crippen molar-refractivity contribution >= 4 is 62.7 Å². The van der Waals surface area contributed by atoms with Gasteiger partial charge in [-0.05, 0) is 50.1 Å². The van der Waals surface area contributed by atoms with Crippen molar-refractivity contribution in [2.45, 2.75) is 51.6 Å². The van der Waals surface area contributed by atoms with E-state index < -0.39 is 6.04 Å². The molecule has 0 fully saturated rings. The molecule has 8 heteroatoms. The number of amides is 2. The van der Waals surface area contributed by atoms with Crippen molar-refractivity contribution in [1.82, 2.24) is 10.2 Å². The number of thioether (sulfide) groups is 1. The van der Waals surface area contributed by atoms with Gasteiger partial charge in [-0.1, -0.05) is 64.3 Å². The zero-order chi connectivity index (χ0) is 23.0. The second-order valence-corrected chi connectivity index (χ2v) is 10.1. The molecule has 31 heavy (non-hydrogen) atoms. The van der Waals surface area contributed by atoms with Gasteiger partial charge in [0.2, 0.25) is 11.8 Å². The predicted molar refractivity (Wildman–Crippen MR) is 135 cm³/mol. The monoisotopic (exact) mass is 544 g/mol. The number of benzene rings is 2. The first kappa shape index (κ1) is 26.0. The minimum absolute atomic E-state index is 0.0302. The summed E-state index contributed by atoms with van der Waals surface area (Å²) in [6.45, 7) is 5.85. The summed E-state index contributed by atoms with van der Waals surface area (Å²) >= 11 is 17.6. The molecule has 0 unspecified atom stereocenters. The molecule has 0 heterocycles. The maximum Gasteiger partial charge on any atom is 0.242 e. The van der Waals surface area contributed by atoms with Crippen LogP contribution in [0.5, 0.6) is 0 Å². The molecule has 0 bridgehead atoms. The number of carbonyl (C=O) groups is 2. The molecular formula is C23H27BrCl2N2O2S. The number of rotatable bonds is 10. The van der Waals surface area contributed by atoms with Gasteiger partial charge in [-0.15, -0.1) is 11.8 Å². The van der Waals surface area contributed by atoms with E-state index in [0.29, 0.717) is 21.4 Å². The van der Waals surface area contributed by atoms with Crippen molar-refractivity contribution in [2.75, 3.05) is 5.75 Å². The smallest absolute Gasteiger partial charge is 0.242 e. The van der Waals surface area contributed by atoms with Crippen LogP contribution in [0.3, 0.4) is 0 Å². The molecular weight excluding hydrogens is 519 g/mol. The van der Waals surface area contributed by atoms with E-state index in [9.17, 15) is 9.59 Å². The fourth-order valence-electron chi connectivity index (χ4n) is 2.82. The number of halogens is 3. The molecule has 0 aliphatic carbocycles.